The van der Waals surface area contributed by atoms with Gasteiger partial charge in [-0.05, 0) is 70.6 Å². The molecule has 1 amide bonds. The van der Waals surface area contributed by atoms with E-state index >= 15 is 0 Å². The van der Waals surface area contributed by atoms with Crippen molar-refractivity contribution in [3.8, 4) is 0 Å². The first-order valence-corrected chi connectivity index (χ1v) is 10.1. The van der Waals surface area contributed by atoms with Crippen molar-refractivity contribution in [2.75, 3.05) is 32.7 Å². The van der Waals surface area contributed by atoms with Gasteiger partial charge >= 0.3 is 0 Å². The summed E-state index contributed by atoms with van der Waals surface area (Å²) in [7, 11) is 0. The summed E-state index contributed by atoms with van der Waals surface area (Å²) in [6, 6.07) is 0. The normalized spacial score (nSPS) is 31.3. The Morgan fingerprint density at radius 3 is 2.32 bits per heavy atom. The van der Waals surface area contributed by atoms with E-state index in [2.05, 4.69) is 39.6 Å². The first-order valence-electron chi connectivity index (χ1n) is 10.1. The van der Waals surface area contributed by atoms with Crippen molar-refractivity contribution in [1.82, 2.24) is 19.6 Å². The fourth-order valence-corrected chi connectivity index (χ4v) is 4.98. The summed E-state index contributed by atoms with van der Waals surface area (Å²) in [6.45, 7) is 9.61. The van der Waals surface area contributed by atoms with Crippen LogP contribution in [-0.4, -0.2) is 58.2 Å². The van der Waals surface area contributed by atoms with Crippen molar-refractivity contribution in [3.05, 3.63) is 18.0 Å². The molecule has 0 aliphatic carbocycles. The number of nitrogens with zero attached hydrogens (tertiary/aromatic N) is 4. The van der Waals surface area contributed by atoms with Crippen molar-refractivity contribution in [2.45, 2.75) is 64.3 Å². The van der Waals surface area contributed by atoms with Crippen LogP contribution in [0.2, 0.25) is 0 Å². The quantitative estimate of drug-likeness (QED) is 0.843. The average molecular weight is 345 g/mol. The molecule has 0 radical (unpaired) electrons. The van der Waals surface area contributed by atoms with Crippen molar-refractivity contribution >= 4 is 5.91 Å². The number of carbonyl (C=O) groups is 1. The van der Waals surface area contributed by atoms with E-state index in [4.69, 9.17) is 0 Å². The highest BCUT2D eigenvalue weighted by atomic mass is 16.2. The lowest BCUT2D eigenvalue weighted by molar-refractivity contribution is -0.151. The van der Waals surface area contributed by atoms with Crippen LogP contribution in [0, 0.1) is 5.41 Å². The van der Waals surface area contributed by atoms with Gasteiger partial charge in [-0.1, -0.05) is 13.3 Å². The summed E-state index contributed by atoms with van der Waals surface area (Å²) in [6.07, 6.45) is 11.7. The Balaban J connectivity index is 1.41. The van der Waals surface area contributed by atoms with Crippen LogP contribution >= 0.6 is 0 Å². The maximum absolute atomic E-state index is 13.3. The van der Waals surface area contributed by atoms with E-state index in [1.165, 1.54) is 5.56 Å². The van der Waals surface area contributed by atoms with Gasteiger partial charge in [-0.3, -0.25) is 9.48 Å². The molecule has 0 spiro atoms. The van der Waals surface area contributed by atoms with Crippen LogP contribution in [0.3, 0.4) is 0 Å². The Hall–Kier alpha value is -1.36. The minimum atomic E-state index is -0.0392. The molecule has 0 unspecified atom stereocenters. The topological polar surface area (TPSA) is 41.4 Å². The summed E-state index contributed by atoms with van der Waals surface area (Å²) < 4.78 is 2.16. The number of aryl methyl sites for hydroxylation is 1. The summed E-state index contributed by atoms with van der Waals surface area (Å²) in [5.41, 5.74) is 1.34. The van der Waals surface area contributed by atoms with Crippen LogP contribution < -0.4 is 0 Å². The third kappa shape index (κ3) is 3.01. The summed E-state index contributed by atoms with van der Waals surface area (Å²) >= 11 is 0. The van der Waals surface area contributed by atoms with Gasteiger partial charge in [0.2, 0.25) is 5.91 Å². The molecule has 4 aliphatic rings. The van der Waals surface area contributed by atoms with Crippen LogP contribution in [0.25, 0.3) is 0 Å². The maximum Gasteiger partial charge on any atom is 0.228 e. The fraction of sp³-hybridized carbons (Fsp3) is 0.800. The second kappa shape index (κ2) is 6.42. The molecule has 5 rings (SSSR count). The van der Waals surface area contributed by atoms with Crippen molar-refractivity contribution < 1.29 is 4.79 Å². The van der Waals surface area contributed by atoms with E-state index in [1.54, 1.807) is 0 Å². The van der Waals surface area contributed by atoms with Gasteiger partial charge < -0.3 is 9.80 Å². The van der Waals surface area contributed by atoms with Crippen LogP contribution in [0.5, 0.6) is 0 Å². The van der Waals surface area contributed by atoms with Gasteiger partial charge in [-0.2, -0.15) is 5.10 Å². The second-order valence-corrected chi connectivity index (χ2v) is 8.70. The van der Waals surface area contributed by atoms with Gasteiger partial charge in [-0.15, -0.1) is 0 Å². The van der Waals surface area contributed by atoms with Gasteiger partial charge in [0.05, 0.1) is 17.2 Å². The highest BCUT2D eigenvalue weighted by Crippen LogP contribution is 2.42. The number of hydrogen-bond acceptors (Lipinski definition) is 3. The highest BCUT2D eigenvalue weighted by Gasteiger charge is 2.48. The smallest absolute Gasteiger partial charge is 0.228 e. The number of amides is 1. The molecule has 5 nitrogen and oxygen atoms in total. The van der Waals surface area contributed by atoms with E-state index in [0.29, 0.717) is 5.91 Å². The minimum Gasteiger partial charge on any atom is -0.342 e. The Kier molecular flexibility index (Phi) is 4.38. The third-order valence-corrected chi connectivity index (χ3v) is 7.03. The maximum atomic E-state index is 13.3. The Labute approximate surface area is 151 Å². The lowest BCUT2D eigenvalue weighted by Crippen LogP contribution is -2.58. The minimum absolute atomic E-state index is 0.0392. The summed E-state index contributed by atoms with van der Waals surface area (Å²) in [5.74, 6) is 0.445. The Morgan fingerprint density at radius 1 is 1.08 bits per heavy atom. The van der Waals surface area contributed by atoms with Gasteiger partial charge in [0.25, 0.3) is 0 Å². The zero-order valence-corrected chi connectivity index (χ0v) is 15.8. The van der Waals surface area contributed by atoms with Crippen LogP contribution in [0.4, 0.5) is 0 Å². The largest absolute Gasteiger partial charge is 0.342 e. The van der Waals surface area contributed by atoms with Crippen molar-refractivity contribution in [2.24, 2.45) is 5.41 Å². The van der Waals surface area contributed by atoms with Gasteiger partial charge in [0.1, 0.15) is 0 Å². The average Bonchev–Trinajstić information content (AvgIpc) is 3.13. The predicted octanol–water partition coefficient (Wildman–Crippen LogP) is 2.66. The number of piperidine rings is 4. The Bertz CT molecular complexity index is 608. The first-order chi connectivity index (χ1) is 12.0. The summed E-state index contributed by atoms with van der Waals surface area (Å²) in [5, 5.41) is 4.63. The number of rotatable bonds is 4. The molecule has 25 heavy (non-hydrogen) atoms. The molecule has 4 fully saturated rings. The molecule has 1 aromatic heterocycles. The van der Waals surface area contributed by atoms with Crippen LogP contribution in [0.15, 0.2) is 12.4 Å². The fourth-order valence-electron chi connectivity index (χ4n) is 4.98. The molecule has 4 saturated heterocycles. The van der Waals surface area contributed by atoms with E-state index in [-0.39, 0.29) is 11.0 Å². The second-order valence-electron chi connectivity index (χ2n) is 8.70. The van der Waals surface area contributed by atoms with Crippen molar-refractivity contribution in [3.63, 3.8) is 0 Å². The molecule has 138 valence electrons. The third-order valence-electron chi connectivity index (χ3n) is 7.03. The number of hydrogen-bond donors (Lipinski definition) is 0. The van der Waals surface area contributed by atoms with E-state index in [1.807, 2.05) is 6.20 Å². The predicted molar refractivity (Wildman–Crippen MR) is 98.4 cm³/mol. The van der Waals surface area contributed by atoms with Crippen molar-refractivity contribution in [1.29, 1.82) is 0 Å². The number of fused-ring (bicyclic) bond motifs is 3. The van der Waals surface area contributed by atoms with Crippen LogP contribution in [-0.2, 0) is 16.8 Å². The molecular weight excluding hydrogens is 312 g/mol. The molecule has 0 atom stereocenters. The van der Waals surface area contributed by atoms with Gasteiger partial charge in [0, 0.05) is 19.3 Å². The highest BCUT2D eigenvalue weighted by molar-refractivity contribution is 5.83. The lowest BCUT2D eigenvalue weighted by Gasteiger charge is -2.50. The molecule has 5 heteroatoms. The zero-order chi connectivity index (χ0) is 17.5. The molecule has 4 aliphatic heterocycles. The molecule has 0 aromatic carbocycles. The first kappa shape index (κ1) is 17.1. The number of aromatic nitrogens is 2. The summed E-state index contributed by atoms with van der Waals surface area (Å²) in [4.78, 5) is 17.9. The van der Waals surface area contributed by atoms with Gasteiger partial charge in [-0.25, -0.2) is 0 Å². The molecule has 2 bridgehead atoms. The molecule has 1 aromatic rings. The molecule has 5 heterocycles. The Morgan fingerprint density at radius 2 is 1.72 bits per heavy atom. The molecular formula is C20H32N4O. The monoisotopic (exact) mass is 344 g/mol. The van der Waals surface area contributed by atoms with E-state index < -0.39 is 0 Å². The van der Waals surface area contributed by atoms with E-state index in [0.717, 1.165) is 77.7 Å². The standard InChI is InChI=1S/C20H32N4O/c1-3-4-17-15-21-24(16-17)19(2)5-13-23(14-6-19)18(25)20-7-10-22(11-8-20)12-9-20/h15-16H,3-14H2,1-2H3. The lowest BCUT2D eigenvalue weighted by atomic mass is 9.70. The number of likely N-dealkylation sites (tertiary alicyclic amines) is 1. The van der Waals surface area contributed by atoms with Gasteiger partial charge in [0.15, 0.2) is 0 Å². The molecule has 0 N–H and O–H groups in total. The zero-order valence-electron chi connectivity index (χ0n) is 15.8. The number of carbonyl (C=O) groups excluding carboxylic acids is 1. The SMILES string of the molecule is CCCc1cnn(C2(C)CCN(C(=O)C34CCN(CC3)CC4)CC2)c1. The van der Waals surface area contributed by atoms with Crippen LogP contribution in [0.1, 0.15) is 57.9 Å². The van der Waals surface area contributed by atoms with E-state index in [9.17, 15) is 4.79 Å². The molecule has 0 saturated carbocycles.